The zero-order valence-electron chi connectivity index (χ0n) is 8.37. The number of carbonyl (C=O) groups is 1. The molecule has 6 heteroatoms. The molecule has 0 amide bonds. The Balaban J connectivity index is 2.57. The van der Waals surface area contributed by atoms with Crippen molar-refractivity contribution in [1.29, 1.82) is 5.26 Å². The first kappa shape index (κ1) is 11.5. The highest BCUT2D eigenvalue weighted by Crippen LogP contribution is 2.26. The number of aromatic amines is 1. The van der Waals surface area contributed by atoms with Crippen molar-refractivity contribution in [2.75, 3.05) is 0 Å². The first-order valence-electron chi connectivity index (χ1n) is 4.56. The number of nitriles is 1. The first-order valence-corrected chi connectivity index (χ1v) is 5.35. The van der Waals surface area contributed by atoms with Crippen LogP contribution in [0.15, 0.2) is 22.8 Å². The number of aldehydes is 1. The van der Waals surface area contributed by atoms with E-state index in [1.165, 1.54) is 18.2 Å². The van der Waals surface area contributed by atoms with Gasteiger partial charge in [0.25, 0.3) is 0 Å². The Morgan fingerprint density at radius 1 is 1.53 bits per heavy atom. The molecule has 84 valence electrons. The highest BCUT2D eigenvalue weighted by atomic mass is 79.9. The minimum Gasteiger partial charge on any atom is -0.330 e. The molecule has 0 aliphatic rings. The van der Waals surface area contributed by atoms with E-state index < -0.39 is 5.82 Å². The molecule has 1 aromatic carbocycles. The molecule has 0 atom stereocenters. The summed E-state index contributed by atoms with van der Waals surface area (Å²) in [6, 6.07) is 5.81. The highest BCUT2D eigenvalue weighted by Gasteiger charge is 2.12. The summed E-state index contributed by atoms with van der Waals surface area (Å²) in [5.74, 6) is -0.423. The van der Waals surface area contributed by atoms with Crippen LogP contribution >= 0.6 is 15.9 Å². The summed E-state index contributed by atoms with van der Waals surface area (Å²) in [6.07, 6.45) is 0.572. The minimum absolute atomic E-state index is 0.0648. The van der Waals surface area contributed by atoms with Gasteiger partial charge in [0.15, 0.2) is 12.1 Å². The van der Waals surface area contributed by atoms with Crippen molar-refractivity contribution >= 4 is 22.2 Å². The number of nitrogens with zero attached hydrogens (tertiary/aromatic N) is 2. The average molecular weight is 294 g/mol. The van der Waals surface area contributed by atoms with E-state index >= 15 is 0 Å². The Hall–Kier alpha value is -2.00. The molecule has 0 radical (unpaired) electrons. The number of rotatable bonds is 2. The van der Waals surface area contributed by atoms with Crippen LogP contribution in [0.1, 0.15) is 16.2 Å². The van der Waals surface area contributed by atoms with E-state index in [4.69, 9.17) is 5.26 Å². The van der Waals surface area contributed by atoms with Gasteiger partial charge in [-0.1, -0.05) is 0 Å². The number of imidazole rings is 1. The Morgan fingerprint density at radius 2 is 2.29 bits per heavy atom. The molecule has 2 rings (SSSR count). The molecule has 0 fully saturated rings. The van der Waals surface area contributed by atoms with Crippen LogP contribution in [0, 0.1) is 17.1 Å². The van der Waals surface area contributed by atoms with Gasteiger partial charge in [0.1, 0.15) is 22.2 Å². The van der Waals surface area contributed by atoms with Crippen LogP contribution in [0.25, 0.3) is 11.3 Å². The molecule has 1 N–H and O–H groups in total. The summed E-state index contributed by atoms with van der Waals surface area (Å²) in [5, 5.41) is 8.72. The molecule has 17 heavy (non-hydrogen) atoms. The van der Waals surface area contributed by atoms with Crippen molar-refractivity contribution in [3.05, 3.63) is 40.0 Å². The fourth-order valence-corrected chi connectivity index (χ4v) is 1.90. The number of halogens is 2. The number of nitrogens with one attached hydrogen (secondary N) is 1. The van der Waals surface area contributed by atoms with E-state index in [2.05, 4.69) is 25.9 Å². The summed E-state index contributed by atoms with van der Waals surface area (Å²) in [4.78, 5) is 17.3. The maximum absolute atomic E-state index is 13.1. The fraction of sp³-hybridized carbons (Fsp3) is 0. The lowest BCUT2D eigenvalue weighted by Crippen LogP contribution is -1.87. The number of benzene rings is 1. The summed E-state index contributed by atoms with van der Waals surface area (Å²) >= 11 is 3.21. The van der Waals surface area contributed by atoms with E-state index in [9.17, 15) is 9.18 Å². The first-order chi connectivity index (χ1) is 8.15. The van der Waals surface area contributed by atoms with Gasteiger partial charge in [-0.3, -0.25) is 4.79 Å². The number of aromatic nitrogens is 2. The van der Waals surface area contributed by atoms with E-state index in [-0.39, 0.29) is 11.4 Å². The Morgan fingerprint density at radius 3 is 2.88 bits per heavy atom. The molecule has 0 spiro atoms. The second kappa shape index (κ2) is 4.47. The predicted octanol–water partition coefficient (Wildman–Crippen LogP) is 2.66. The predicted molar refractivity (Wildman–Crippen MR) is 61.8 cm³/mol. The van der Waals surface area contributed by atoms with Gasteiger partial charge in [0, 0.05) is 5.56 Å². The summed E-state index contributed by atoms with van der Waals surface area (Å²) < 4.78 is 13.6. The molecular weight excluding hydrogens is 289 g/mol. The second-order valence-corrected chi connectivity index (χ2v) is 4.00. The smallest absolute Gasteiger partial charge is 0.185 e. The van der Waals surface area contributed by atoms with Crippen LogP contribution in [0.3, 0.4) is 0 Å². The summed E-state index contributed by atoms with van der Waals surface area (Å²) in [5.41, 5.74) is 0.952. The van der Waals surface area contributed by atoms with Crippen LogP contribution < -0.4 is 0 Å². The van der Waals surface area contributed by atoms with Crippen LogP contribution in [-0.2, 0) is 0 Å². The molecule has 0 saturated carbocycles. The van der Waals surface area contributed by atoms with Gasteiger partial charge in [0.2, 0.25) is 0 Å². The van der Waals surface area contributed by atoms with Gasteiger partial charge in [-0.15, -0.1) is 0 Å². The largest absolute Gasteiger partial charge is 0.330 e. The van der Waals surface area contributed by atoms with Crippen LogP contribution in [0.2, 0.25) is 0 Å². The molecule has 1 aromatic heterocycles. The standard InChI is InChI=1S/C11H5BrFN3O/c12-11-10(15-9(5-17)16-11)6-1-2-8(13)7(3-6)4-14/h1-3,5H,(H,15,16). The van der Waals surface area contributed by atoms with Crippen LogP contribution in [0.5, 0.6) is 0 Å². The van der Waals surface area contributed by atoms with Gasteiger partial charge in [-0.05, 0) is 34.1 Å². The van der Waals surface area contributed by atoms with Gasteiger partial charge < -0.3 is 4.98 Å². The quantitative estimate of drug-likeness (QED) is 0.866. The molecule has 2 aromatic rings. The molecule has 0 bridgehead atoms. The van der Waals surface area contributed by atoms with Gasteiger partial charge in [-0.25, -0.2) is 9.37 Å². The maximum atomic E-state index is 13.1. The SMILES string of the molecule is N#Cc1cc(-c2nc(C=O)[nH]c2Br)ccc1F. The topological polar surface area (TPSA) is 69.5 Å². The molecular formula is C11H5BrFN3O. The fourth-order valence-electron chi connectivity index (χ4n) is 1.37. The van der Waals surface area contributed by atoms with Crippen LogP contribution in [-0.4, -0.2) is 16.3 Å². The monoisotopic (exact) mass is 293 g/mol. The Bertz CT molecular complexity index is 630. The third-order valence-corrected chi connectivity index (χ3v) is 2.72. The van der Waals surface area contributed by atoms with Gasteiger partial charge in [0.05, 0.1) is 5.56 Å². The molecule has 0 saturated heterocycles. The molecule has 0 aliphatic heterocycles. The third-order valence-electron chi connectivity index (χ3n) is 2.15. The highest BCUT2D eigenvalue weighted by molar-refractivity contribution is 9.10. The average Bonchev–Trinajstić information content (AvgIpc) is 2.71. The van der Waals surface area contributed by atoms with E-state index in [1.807, 2.05) is 0 Å². The third kappa shape index (κ3) is 2.10. The van der Waals surface area contributed by atoms with Crippen molar-refractivity contribution in [3.8, 4) is 17.3 Å². The van der Waals surface area contributed by atoms with E-state index in [0.29, 0.717) is 22.1 Å². The van der Waals surface area contributed by atoms with Crippen molar-refractivity contribution in [2.45, 2.75) is 0 Å². The number of H-pyrrole nitrogens is 1. The molecule has 4 nitrogen and oxygen atoms in total. The lowest BCUT2D eigenvalue weighted by atomic mass is 10.1. The van der Waals surface area contributed by atoms with E-state index in [0.717, 1.165) is 0 Å². The normalized spacial score (nSPS) is 9.94. The Kier molecular flexibility index (Phi) is 3.02. The zero-order chi connectivity index (χ0) is 12.4. The van der Waals surface area contributed by atoms with Crippen molar-refractivity contribution in [3.63, 3.8) is 0 Å². The minimum atomic E-state index is -0.585. The summed E-state index contributed by atoms with van der Waals surface area (Å²) in [7, 11) is 0. The number of hydrogen-bond donors (Lipinski definition) is 1. The number of carbonyl (C=O) groups excluding carboxylic acids is 1. The number of hydrogen-bond acceptors (Lipinski definition) is 3. The molecule has 0 unspecified atom stereocenters. The van der Waals surface area contributed by atoms with Gasteiger partial charge >= 0.3 is 0 Å². The maximum Gasteiger partial charge on any atom is 0.185 e. The van der Waals surface area contributed by atoms with Crippen LogP contribution in [0.4, 0.5) is 4.39 Å². The van der Waals surface area contributed by atoms with Crippen molar-refractivity contribution in [2.24, 2.45) is 0 Å². The van der Waals surface area contributed by atoms with Crippen molar-refractivity contribution < 1.29 is 9.18 Å². The lowest BCUT2D eigenvalue weighted by molar-refractivity contribution is 0.111. The van der Waals surface area contributed by atoms with Crippen molar-refractivity contribution in [1.82, 2.24) is 9.97 Å². The molecule has 1 heterocycles. The summed E-state index contributed by atoms with van der Waals surface area (Å²) in [6.45, 7) is 0. The zero-order valence-corrected chi connectivity index (χ0v) is 9.95. The van der Waals surface area contributed by atoms with Gasteiger partial charge in [-0.2, -0.15) is 5.26 Å². The second-order valence-electron chi connectivity index (χ2n) is 3.21. The molecule has 0 aliphatic carbocycles. The Labute approximate surface area is 104 Å². The lowest BCUT2D eigenvalue weighted by Gasteiger charge is -1.99. The van der Waals surface area contributed by atoms with E-state index in [1.54, 1.807) is 6.07 Å².